The number of hydrogen-bond acceptors (Lipinski definition) is 2. The fraction of sp³-hybridized carbons (Fsp3) is 0.533. The zero-order valence-corrected chi connectivity index (χ0v) is 13.5. The number of hydrogen-bond donors (Lipinski definition) is 2. The van der Waals surface area contributed by atoms with Gasteiger partial charge in [-0.25, -0.2) is 4.79 Å². The van der Waals surface area contributed by atoms with Gasteiger partial charge in [0.25, 0.3) is 0 Å². The standard InChI is InChI=1S/C15H21BrN2O2/c1-10(2)13-7-12(16)3-4-14(13)17-15(20)18-6-5-11(8-18)9-19/h3-4,7,10-11,19H,5-6,8-9H2,1-2H3,(H,17,20). The number of carbonyl (C=O) groups is 1. The number of nitrogens with one attached hydrogen (secondary N) is 1. The van der Waals surface area contributed by atoms with Crippen molar-refractivity contribution in [2.45, 2.75) is 26.2 Å². The minimum Gasteiger partial charge on any atom is -0.396 e. The summed E-state index contributed by atoms with van der Waals surface area (Å²) in [6.45, 7) is 5.71. The number of halogens is 1. The Labute approximate surface area is 128 Å². The minimum atomic E-state index is -0.0785. The molecule has 1 fully saturated rings. The zero-order chi connectivity index (χ0) is 14.7. The summed E-state index contributed by atoms with van der Waals surface area (Å²) in [5.41, 5.74) is 1.98. The van der Waals surface area contributed by atoms with E-state index in [1.54, 1.807) is 4.90 Å². The quantitative estimate of drug-likeness (QED) is 0.885. The minimum absolute atomic E-state index is 0.0785. The number of carbonyl (C=O) groups excluding carboxylic acids is 1. The lowest BCUT2D eigenvalue weighted by Gasteiger charge is -2.20. The molecule has 5 heteroatoms. The molecule has 1 aromatic carbocycles. The highest BCUT2D eigenvalue weighted by molar-refractivity contribution is 9.10. The van der Waals surface area contributed by atoms with Gasteiger partial charge in [-0.1, -0.05) is 29.8 Å². The van der Waals surface area contributed by atoms with Gasteiger partial charge in [0, 0.05) is 35.8 Å². The molecule has 20 heavy (non-hydrogen) atoms. The number of nitrogens with zero attached hydrogens (tertiary/aromatic N) is 1. The number of aliphatic hydroxyl groups excluding tert-OH is 1. The normalized spacial score (nSPS) is 18.6. The van der Waals surface area contributed by atoms with Gasteiger partial charge in [0.2, 0.25) is 0 Å². The van der Waals surface area contributed by atoms with E-state index >= 15 is 0 Å². The van der Waals surface area contributed by atoms with E-state index in [9.17, 15) is 4.79 Å². The third-order valence-corrected chi connectivity index (χ3v) is 4.20. The van der Waals surface area contributed by atoms with E-state index in [0.29, 0.717) is 19.0 Å². The lowest BCUT2D eigenvalue weighted by molar-refractivity contribution is 0.208. The van der Waals surface area contributed by atoms with Crippen LogP contribution in [0.2, 0.25) is 0 Å². The van der Waals surface area contributed by atoms with Gasteiger partial charge in [0.1, 0.15) is 0 Å². The Balaban J connectivity index is 2.08. The summed E-state index contributed by atoms with van der Waals surface area (Å²) < 4.78 is 1.01. The largest absolute Gasteiger partial charge is 0.396 e. The van der Waals surface area contributed by atoms with E-state index in [1.807, 2.05) is 18.2 Å². The molecular weight excluding hydrogens is 320 g/mol. The van der Waals surface area contributed by atoms with Gasteiger partial charge in [0.05, 0.1) is 0 Å². The molecule has 0 bridgehead atoms. The van der Waals surface area contributed by atoms with Crippen molar-refractivity contribution in [3.63, 3.8) is 0 Å². The lowest BCUT2D eigenvalue weighted by Crippen LogP contribution is -2.33. The van der Waals surface area contributed by atoms with Crippen LogP contribution in [0.1, 0.15) is 31.7 Å². The number of anilines is 1. The van der Waals surface area contributed by atoms with Crippen LogP contribution in [0.5, 0.6) is 0 Å². The molecule has 1 aliphatic rings. The molecular formula is C15H21BrN2O2. The molecule has 1 unspecified atom stereocenters. The monoisotopic (exact) mass is 340 g/mol. The Morgan fingerprint density at radius 2 is 2.30 bits per heavy atom. The lowest BCUT2D eigenvalue weighted by atomic mass is 10.0. The van der Waals surface area contributed by atoms with Crippen LogP contribution in [0.4, 0.5) is 10.5 Å². The highest BCUT2D eigenvalue weighted by atomic mass is 79.9. The average Bonchev–Trinajstić information content (AvgIpc) is 2.89. The Hall–Kier alpha value is -1.07. The van der Waals surface area contributed by atoms with Gasteiger partial charge in [-0.3, -0.25) is 0 Å². The van der Waals surface area contributed by atoms with Crippen LogP contribution in [0.15, 0.2) is 22.7 Å². The van der Waals surface area contributed by atoms with Crippen molar-refractivity contribution in [1.82, 2.24) is 4.90 Å². The van der Waals surface area contributed by atoms with Crippen molar-refractivity contribution in [2.24, 2.45) is 5.92 Å². The molecule has 1 heterocycles. The first kappa shape index (κ1) is 15.3. The van der Waals surface area contributed by atoms with Gasteiger partial charge in [0.15, 0.2) is 0 Å². The Kier molecular flexibility index (Phi) is 5.05. The maximum atomic E-state index is 12.3. The average molecular weight is 341 g/mol. The first-order valence-electron chi connectivity index (χ1n) is 6.97. The van der Waals surface area contributed by atoms with E-state index in [0.717, 1.165) is 22.1 Å². The SMILES string of the molecule is CC(C)c1cc(Br)ccc1NC(=O)N1CCC(CO)C1. The summed E-state index contributed by atoms with van der Waals surface area (Å²) in [5.74, 6) is 0.557. The van der Waals surface area contributed by atoms with Crippen molar-refractivity contribution in [2.75, 3.05) is 25.0 Å². The van der Waals surface area contributed by atoms with Crippen LogP contribution in [0, 0.1) is 5.92 Å². The number of urea groups is 1. The van der Waals surface area contributed by atoms with E-state index < -0.39 is 0 Å². The fourth-order valence-electron chi connectivity index (χ4n) is 2.49. The molecule has 0 radical (unpaired) electrons. The van der Waals surface area contributed by atoms with E-state index in [1.165, 1.54) is 0 Å². The summed E-state index contributed by atoms with van der Waals surface area (Å²) in [6.07, 6.45) is 0.876. The van der Waals surface area contributed by atoms with Crippen LogP contribution in [0.25, 0.3) is 0 Å². The number of likely N-dealkylation sites (tertiary alicyclic amines) is 1. The third kappa shape index (κ3) is 3.52. The summed E-state index contributed by atoms with van der Waals surface area (Å²) in [6, 6.07) is 5.82. The van der Waals surface area contributed by atoms with Crippen LogP contribution < -0.4 is 5.32 Å². The van der Waals surface area contributed by atoms with Gasteiger partial charge in [-0.05, 0) is 36.1 Å². The van der Waals surface area contributed by atoms with Gasteiger partial charge < -0.3 is 15.3 Å². The van der Waals surface area contributed by atoms with Crippen molar-refractivity contribution >= 4 is 27.6 Å². The van der Waals surface area contributed by atoms with Gasteiger partial charge in [-0.15, -0.1) is 0 Å². The molecule has 1 saturated heterocycles. The second-order valence-corrected chi connectivity index (χ2v) is 6.52. The van der Waals surface area contributed by atoms with Crippen molar-refractivity contribution in [3.05, 3.63) is 28.2 Å². The van der Waals surface area contributed by atoms with Crippen LogP contribution in [0.3, 0.4) is 0 Å². The molecule has 2 rings (SSSR count). The molecule has 0 saturated carbocycles. The summed E-state index contributed by atoms with van der Waals surface area (Å²) in [5, 5.41) is 12.1. The predicted octanol–water partition coefficient (Wildman–Crippen LogP) is 3.42. The summed E-state index contributed by atoms with van der Waals surface area (Å²) >= 11 is 3.46. The molecule has 2 amide bonds. The smallest absolute Gasteiger partial charge is 0.321 e. The maximum Gasteiger partial charge on any atom is 0.321 e. The molecule has 0 aliphatic carbocycles. The zero-order valence-electron chi connectivity index (χ0n) is 11.9. The Morgan fingerprint density at radius 1 is 1.55 bits per heavy atom. The molecule has 110 valence electrons. The molecule has 4 nitrogen and oxygen atoms in total. The highest BCUT2D eigenvalue weighted by Crippen LogP contribution is 2.28. The molecule has 1 atom stereocenters. The van der Waals surface area contributed by atoms with Crippen molar-refractivity contribution in [1.29, 1.82) is 0 Å². The van der Waals surface area contributed by atoms with Crippen LogP contribution in [-0.4, -0.2) is 35.7 Å². The number of amides is 2. The van der Waals surface area contributed by atoms with Crippen LogP contribution in [-0.2, 0) is 0 Å². The topological polar surface area (TPSA) is 52.6 Å². The van der Waals surface area contributed by atoms with Crippen LogP contribution >= 0.6 is 15.9 Å². The van der Waals surface area contributed by atoms with Crippen molar-refractivity contribution < 1.29 is 9.90 Å². The number of rotatable bonds is 3. The van der Waals surface area contributed by atoms with E-state index in [-0.39, 0.29) is 18.6 Å². The second kappa shape index (κ2) is 6.59. The van der Waals surface area contributed by atoms with E-state index in [4.69, 9.17) is 5.11 Å². The Morgan fingerprint density at radius 3 is 2.90 bits per heavy atom. The molecule has 2 N–H and O–H groups in total. The van der Waals surface area contributed by atoms with Gasteiger partial charge >= 0.3 is 6.03 Å². The molecule has 0 aromatic heterocycles. The third-order valence-electron chi connectivity index (χ3n) is 3.71. The van der Waals surface area contributed by atoms with Crippen molar-refractivity contribution in [3.8, 4) is 0 Å². The number of benzene rings is 1. The Bertz CT molecular complexity index is 491. The predicted molar refractivity (Wildman–Crippen MR) is 84.0 cm³/mol. The first-order chi connectivity index (χ1) is 9.51. The molecule has 0 spiro atoms. The maximum absolute atomic E-state index is 12.3. The molecule has 1 aliphatic heterocycles. The fourth-order valence-corrected chi connectivity index (χ4v) is 2.86. The summed E-state index contributed by atoms with van der Waals surface area (Å²) in [7, 11) is 0. The van der Waals surface area contributed by atoms with Gasteiger partial charge in [-0.2, -0.15) is 0 Å². The summed E-state index contributed by atoms with van der Waals surface area (Å²) in [4.78, 5) is 14.0. The van der Waals surface area contributed by atoms with E-state index in [2.05, 4.69) is 35.1 Å². The molecule has 1 aromatic rings. The highest BCUT2D eigenvalue weighted by Gasteiger charge is 2.26. The second-order valence-electron chi connectivity index (χ2n) is 5.60. The first-order valence-corrected chi connectivity index (χ1v) is 7.76. The number of aliphatic hydroxyl groups is 1.